The van der Waals surface area contributed by atoms with Crippen LogP contribution in [0.4, 0.5) is 24.6 Å². The number of carbonyl (C=O) groups is 2. The van der Waals surface area contributed by atoms with Crippen molar-refractivity contribution in [3.8, 4) is 0 Å². The molecule has 0 atom stereocenters. The molecule has 3 rings (SSSR count). The van der Waals surface area contributed by atoms with Gasteiger partial charge in [-0.1, -0.05) is 0 Å². The van der Waals surface area contributed by atoms with E-state index in [1.165, 1.54) is 22.3 Å². The number of hydrogen-bond acceptors (Lipinski definition) is 7. The van der Waals surface area contributed by atoms with Crippen molar-refractivity contribution in [2.24, 2.45) is 0 Å². The smallest absolute Gasteiger partial charge is 0.272 e. The molecule has 28 heavy (non-hydrogen) atoms. The first-order valence-corrected chi connectivity index (χ1v) is 9.58. The highest BCUT2D eigenvalue weighted by Gasteiger charge is 2.21. The van der Waals surface area contributed by atoms with Gasteiger partial charge in [-0.2, -0.15) is 4.37 Å². The Hall–Kier alpha value is -2.92. The van der Waals surface area contributed by atoms with Gasteiger partial charge in [-0.05, 0) is 30.6 Å². The van der Waals surface area contributed by atoms with E-state index in [1.54, 1.807) is 26.4 Å². The molecule has 2 amide bonds. The zero-order valence-corrected chi connectivity index (χ0v) is 16.7. The van der Waals surface area contributed by atoms with Crippen LogP contribution in [0.3, 0.4) is 0 Å². The quantitative estimate of drug-likeness (QED) is 0.650. The number of amides is 2. The molecule has 146 valence electrons. The number of rotatable bonds is 5. The van der Waals surface area contributed by atoms with Crippen molar-refractivity contribution in [1.82, 2.24) is 14.3 Å². The van der Waals surface area contributed by atoms with Gasteiger partial charge in [0.1, 0.15) is 10.7 Å². The van der Waals surface area contributed by atoms with Crippen LogP contribution in [0.5, 0.6) is 0 Å². The van der Waals surface area contributed by atoms with Gasteiger partial charge in [-0.3, -0.25) is 9.59 Å². The molecule has 0 aliphatic rings. The summed E-state index contributed by atoms with van der Waals surface area (Å²) in [6, 6.07) is 3.09. The van der Waals surface area contributed by atoms with Gasteiger partial charge in [-0.25, -0.2) is 13.8 Å². The molecule has 0 saturated carbocycles. The highest BCUT2D eigenvalue weighted by molar-refractivity contribution is 7.15. The van der Waals surface area contributed by atoms with Gasteiger partial charge in [0.2, 0.25) is 0 Å². The Morgan fingerprint density at radius 2 is 1.93 bits per heavy atom. The number of thiazole rings is 1. The van der Waals surface area contributed by atoms with Crippen LogP contribution in [0.2, 0.25) is 0 Å². The largest absolute Gasteiger partial charge is 0.343 e. The Balaban J connectivity index is 1.80. The van der Waals surface area contributed by atoms with Crippen molar-refractivity contribution in [3.63, 3.8) is 0 Å². The van der Waals surface area contributed by atoms with Crippen LogP contribution in [-0.4, -0.2) is 40.2 Å². The minimum atomic E-state index is -1.06. The lowest BCUT2D eigenvalue weighted by Gasteiger charge is -2.08. The van der Waals surface area contributed by atoms with E-state index in [4.69, 9.17) is 0 Å². The Bertz CT molecular complexity index is 1050. The fourth-order valence-corrected chi connectivity index (χ4v) is 3.79. The number of anilines is 3. The first-order valence-electron chi connectivity index (χ1n) is 7.93. The highest BCUT2D eigenvalue weighted by atomic mass is 32.1. The maximum Gasteiger partial charge on any atom is 0.272 e. The minimum Gasteiger partial charge on any atom is -0.343 e. The molecule has 0 fully saturated rings. The molecule has 11 heteroatoms. The average Bonchev–Trinajstić information content (AvgIpc) is 3.24. The molecule has 0 saturated heterocycles. The van der Waals surface area contributed by atoms with Gasteiger partial charge in [0.05, 0.1) is 11.3 Å². The predicted octanol–water partition coefficient (Wildman–Crippen LogP) is 3.88. The molecule has 1 aromatic carbocycles. The first kappa shape index (κ1) is 19.8. The third-order valence-corrected chi connectivity index (χ3v) is 5.23. The second kappa shape index (κ2) is 7.98. The fourth-order valence-electron chi connectivity index (χ4n) is 2.25. The molecule has 0 radical (unpaired) electrons. The van der Waals surface area contributed by atoms with Crippen molar-refractivity contribution < 1.29 is 18.4 Å². The second-order valence-corrected chi connectivity index (χ2v) is 7.55. The van der Waals surface area contributed by atoms with E-state index in [0.29, 0.717) is 15.8 Å². The topological polar surface area (TPSA) is 87.2 Å². The molecule has 0 aliphatic carbocycles. The summed E-state index contributed by atoms with van der Waals surface area (Å²) in [6.07, 6.45) is 0. The van der Waals surface area contributed by atoms with Crippen LogP contribution in [0.25, 0.3) is 0 Å². The third kappa shape index (κ3) is 4.15. The zero-order chi connectivity index (χ0) is 20.4. The lowest BCUT2D eigenvalue weighted by Crippen LogP contribution is -2.21. The number of aromatic nitrogens is 2. The molecule has 0 aliphatic heterocycles. The molecule has 0 bridgehead atoms. The van der Waals surface area contributed by atoms with E-state index in [-0.39, 0.29) is 22.9 Å². The van der Waals surface area contributed by atoms with Gasteiger partial charge < -0.3 is 15.5 Å². The van der Waals surface area contributed by atoms with Crippen molar-refractivity contribution in [3.05, 3.63) is 52.2 Å². The fraction of sp³-hybridized carbons (Fsp3) is 0.176. The van der Waals surface area contributed by atoms with Crippen LogP contribution in [0.1, 0.15) is 26.5 Å². The number of aryl methyl sites for hydroxylation is 1. The summed E-state index contributed by atoms with van der Waals surface area (Å²) in [6.45, 7) is 1.66. The number of carbonyl (C=O) groups excluding carboxylic acids is 2. The molecular weight excluding hydrogens is 408 g/mol. The van der Waals surface area contributed by atoms with Crippen molar-refractivity contribution in [2.45, 2.75) is 6.92 Å². The monoisotopic (exact) mass is 423 g/mol. The molecule has 2 aromatic heterocycles. The van der Waals surface area contributed by atoms with E-state index >= 15 is 0 Å². The first-order chi connectivity index (χ1) is 13.3. The normalized spacial score (nSPS) is 10.6. The van der Waals surface area contributed by atoms with Crippen LogP contribution >= 0.6 is 22.9 Å². The zero-order valence-electron chi connectivity index (χ0n) is 15.0. The predicted molar refractivity (Wildman–Crippen MR) is 105 cm³/mol. The Kier molecular flexibility index (Phi) is 5.66. The van der Waals surface area contributed by atoms with E-state index in [9.17, 15) is 18.4 Å². The maximum atomic E-state index is 13.4. The number of halogens is 2. The van der Waals surface area contributed by atoms with E-state index in [2.05, 4.69) is 20.0 Å². The van der Waals surface area contributed by atoms with Crippen LogP contribution in [0, 0.1) is 18.6 Å². The molecule has 3 aromatic rings. The van der Waals surface area contributed by atoms with Crippen LogP contribution in [-0.2, 0) is 0 Å². The number of nitrogens with one attached hydrogen (secondary N) is 2. The van der Waals surface area contributed by atoms with Gasteiger partial charge in [0.15, 0.2) is 16.8 Å². The number of benzene rings is 1. The van der Waals surface area contributed by atoms with Crippen molar-refractivity contribution >= 4 is 50.5 Å². The van der Waals surface area contributed by atoms with Gasteiger partial charge in [0.25, 0.3) is 11.8 Å². The van der Waals surface area contributed by atoms with E-state index in [1.807, 2.05) is 0 Å². The molecule has 2 heterocycles. The Labute approximate surface area is 167 Å². The number of nitrogens with zero attached hydrogens (tertiary/aromatic N) is 3. The van der Waals surface area contributed by atoms with Gasteiger partial charge in [-0.15, -0.1) is 11.3 Å². The summed E-state index contributed by atoms with van der Waals surface area (Å²) >= 11 is 2.27. The molecule has 2 N–H and O–H groups in total. The van der Waals surface area contributed by atoms with Gasteiger partial charge >= 0.3 is 0 Å². The summed E-state index contributed by atoms with van der Waals surface area (Å²) in [5, 5.41) is 7.98. The average molecular weight is 423 g/mol. The summed E-state index contributed by atoms with van der Waals surface area (Å²) in [5.74, 6) is -2.82. The van der Waals surface area contributed by atoms with E-state index < -0.39 is 17.5 Å². The minimum absolute atomic E-state index is 0.119. The second-order valence-electron chi connectivity index (χ2n) is 5.92. The maximum absolute atomic E-state index is 13.4. The standard InChI is InChI=1S/C17H15F2N5O2S2/c1-8-13(14(25)20-9-4-5-10(18)11(19)6-9)15(28-23-8)22-17-21-12(7-27-17)16(26)24(2)3/h4-7H,1-3H3,(H,20,25)(H,21,22). The molecular formula is C17H15F2N5O2S2. The SMILES string of the molecule is Cc1nsc(Nc2nc(C(=O)N(C)C)cs2)c1C(=O)Nc1ccc(F)c(F)c1. The molecule has 0 unspecified atom stereocenters. The van der Waals surface area contributed by atoms with E-state index in [0.717, 1.165) is 23.7 Å². The molecule has 7 nitrogen and oxygen atoms in total. The Morgan fingerprint density at radius 3 is 2.61 bits per heavy atom. The molecule has 0 spiro atoms. The third-order valence-electron chi connectivity index (χ3n) is 3.62. The van der Waals surface area contributed by atoms with Gasteiger partial charge in [0, 0.05) is 31.2 Å². The lowest BCUT2D eigenvalue weighted by atomic mass is 10.2. The summed E-state index contributed by atoms with van der Waals surface area (Å²) in [4.78, 5) is 30.2. The number of hydrogen-bond donors (Lipinski definition) is 2. The lowest BCUT2D eigenvalue weighted by molar-refractivity contribution is 0.0822. The van der Waals surface area contributed by atoms with Crippen LogP contribution < -0.4 is 10.6 Å². The van der Waals surface area contributed by atoms with Crippen LogP contribution in [0.15, 0.2) is 23.6 Å². The summed E-state index contributed by atoms with van der Waals surface area (Å²) in [5.41, 5.74) is 1.12. The highest BCUT2D eigenvalue weighted by Crippen LogP contribution is 2.30. The Morgan fingerprint density at radius 1 is 1.18 bits per heavy atom. The summed E-state index contributed by atoms with van der Waals surface area (Å²) in [7, 11) is 3.25. The van der Waals surface area contributed by atoms with Crippen molar-refractivity contribution in [1.29, 1.82) is 0 Å². The summed E-state index contributed by atoms with van der Waals surface area (Å²) < 4.78 is 30.6. The van der Waals surface area contributed by atoms with Crippen molar-refractivity contribution in [2.75, 3.05) is 24.7 Å².